The summed E-state index contributed by atoms with van der Waals surface area (Å²) in [6.45, 7) is 4.34. The van der Waals surface area contributed by atoms with Crippen LogP contribution < -0.4 is 4.72 Å². The third-order valence-corrected chi connectivity index (χ3v) is 5.33. The first-order chi connectivity index (χ1) is 9.34. The zero-order valence-corrected chi connectivity index (χ0v) is 12.8. The Morgan fingerprint density at radius 1 is 1.35 bits per heavy atom. The molecule has 2 N–H and O–H groups in total. The van der Waals surface area contributed by atoms with E-state index in [0.717, 1.165) is 12.0 Å². The molecule has 1 heterocycles. The van der Waals surface area contributed by atoms with E-state index >= 15 is 0 Å². The summed E-state index contributed by atoms with van der Waals surface area (Å²) < 4.78 is 28.5. The van der Waals surface area contributed by atoms with Crippen LogP contribution in [0.15, 0.2) is 24.3 Å². The standard InChI is InChI=1S/C14H22N2O3S/c1-3-14(2,17)11-15-20(18,19)16-9-8-12-6-4-5-7-13(12)10-16/h4-7,15,17H,3,8-11H2,1-2H3. The molecule has 0 aromatic heterocycles. The molecule has 0 aliphatic carbocycles. The summed E-state index contributed by atoms with van der Waals surface area (Å²) in [6, 6.07) is 7.89. The second kappa shape index (κ2) is 5.81. The van der Waals surface area contributed by atoms with Crippen LogP contribution >= 0.6 is 0 Å². The number of fused-ring (bicyclic) bond motifs is 1. The molecule has 0 saturated heterocycles. The van der Waals surface area contributed by atoms with Crippen LogP contribution in [0.2, 0.25) is 0 Å². The van der Waals surface area contributed by atoms with Gasteiger partial charge < -0.3 is 5.11 Å². The highest BCUT2D eigenvalue weighted by Crippen LogP contribution is 2.20. The Morgan fingerprint density at radius 3 is 2.65 bits per heavy atom. The lowest BCUT2D eigenvalue weighted by Gasteiger charge is -2.29. The topological polar surface area (TPSA) is 69.6 Å². The van der Waals surface area contributed by atoms with E-state index in [1.54, 1.807) is 6.92 Å². The van der Waals surface area contributed by atoms with Crippen LogP contribution in [0.25, 0.3) is 0 Å². The van der Waals surface area contributed by atoms with Crippen LogP contribution in [0.3, 0.4) is 0 Å². The summed E-state index contributed by atoms with van der Waals surface area (Å²) in [4.78, 5) is 0. The van der Waals surface area contributed by atoms with Crippen molar-refractivity contribution in [2.75, 3.05) is 13.1 Å². The van der Waals surface area contributed by atoms with Crippen molar-refractivity contribution in [2.24, 2.45) is 0 Å². The zero-order chi connectivity index (χ0) is 14.8. The first-order valence-corrected chi connectivity index (χ1v) is 8.32. The average molecular weight is 298 g/mol. The monoisotopic (exact) mass is 298 g/mol. The highest BCUT2D eigenvalue weighted by molar-refractivity contribution is 7.87. The third-order valence-electron chi connectivity index (χ3n) is 3.83. The molecule has 1 aromatic rings. The summed E-state index contributed by atoms with van der Waals surface area (Å²) in [5.74, 6) is 0. The van der Waals surface area contributed by atoms with Gasteiger partial charge in [-0.2, -0.15) is 17.4 Å². The molecule has 20 heavy (non-hydrogen) atoms. The van der Waals surface area contributed by atoms with E-state index in [1.165, 1.54) is 9.87 Å². The van der Waals surface area contributed by atoms with Gasteiger partial charge in [0.1, 0.15) is 0 Å². The normalized spacial score (nSPS) is 19.4. The molecule has 0 saturated carbocycles. The van der Waals surface area contributed by atoms with Gasteiger partial charge in [0, 0.05) is 19.6 Å². The van der Waals surface area contributed by atoms with E-state index in [9.17, 15) is 13.5 Å². The van der Waals surface area contributed by atoms with Gasteiger partial charge in [-0.25, -0.2) is 0 Å². The summed E-state index contributed by atoms with van der Waals surface area (Å²) in [7, 11) is -3.55. The summed E-state index contributed by atoms with van der Waals surface area (Å²) in [5.41, 5.74) is 1.24. The van der Waals surface area contributed by atoms with Crippen molar-refractivity contribution >= 4 is 10.2 Å². The minimum Gasteiger partial charge on any atom is -0.389 e. The molecule has 0 spiro atoms. The molecule has 0 radical (unpaired) electrons. The molecule has 1 aliphatic heterocycles. The predicted molar refractivity (Wildman–Crippen MR) is 78.4 cm³/mol. The maximum absolute atomic E-state index is 12.3. The second-order valence-electron chi connectivity index (χ2n) is 5.53. The molecule has 1 atom stereocenters. The number of hydrogen-bond donors (Lipinski definition) is 2. The fraction of sp³-hybridized carbons (Fsp3) is 0.571. The van der Waals surface area contributed by atoms with Gasteiger partial charge in [0.15, 0.2) is 0 Å². The number of aliphatic hydroxyl groups is 1. The van der Waals surface area contributed by atoms with Gasteiger partial charge in [-0.3, -0.25) is 0 Å². The molecule has 6 heteroatoms. The number of nitrogens with one attached hydrogen (secondary N) is 1. The van der Waals surface area contributed by atoms with Gasteiger partial charge >= 0.3 is 0 Å². The number of hydrogen-bond acceptors (Lipinski definition) is 3. The summed E-state index contributed by atoms with van der Waals surface area (Å²) in [5, 5.41) is 9.90. The fourth-order valence-corrected chi connectivity index (χ4v) is 3.45. The van der Waals surface area contributed by atoms with Crippen molar-refractivity contribution in [3.8, 4) is 0 Å². The molecule has 1 aromatic carbocycles. The van der Waals surface area contributed by atoms with E-state index in [2.05, 4.69) is 4.72 Å². The minimum absolute atomic E-state index is 0.0317. The van der Waals surface area contributed by atoms with E-state index in [0.29, 0.717) is 19.5 Å². The van der Waals surface area contributed by atoms with E-state index < -0.39 is 15.8 Å². The molecule has 1 unspecified atom stereocenters. The van der Waals surface area contributed by atoms with E-state index in [1.807, 2.05) is 31.2 Å². The molecule has 112 valence electrons. The quantitative estimate of drug-likeness (QED) is 0.853. The Bertz CT molecular complexity index is 570. The van der Waals surface area contributed by atoms with Crippen LogP contribution in [-0.4, -0.2) is 36.5 Å². The van der Waals surface area contributed by atoms with Gasteiger partial charge in [-0.1, -0.05) is 31.2 Å². The van der Waals surface area contributed by atoms with Crippen molar-refractivity contribution in [3.63, 3.8) is 0 Å². The summed E-state index contributed by atoms with van der Waals surface area (Å²) >= 11 is 0. The third kappa shape index (κ3) is 3.58. The van der Waals surface area contributed by atoms with Crippen molar-refractivity contribution in [1.82, 2.24) is 9.03 Å². The van der Waals surface area contributed by atoms with Gasteiger partial charge in [0.05, 0.1) is 5.60 Å². The van der Waals surface area contributed by atoms with E-state index in [-0.39, 0.29) is 6.54 Å². The first kappa shape index (κ1) is 15.4. The maximum Gasteiger partial charge on any atom is 0.279 e. The van der Waals surface area contributed by atoms with Crippen molar-refractivity contribution in [2.45, 2.75) is 38.8 Å². The molecule has 0 bridgehead atoms. The molecular weight excluding hydrogens is 276 g/mol. The molecule has 2 rings (SSSR count). The van der Waals surface area contributed by atoms with Crippen molar-refractivity contribution in [1.29, 1.82) is 0 Å². The SMILES string of the molecule is CCC(C)(O)CNS(=O)(=O)N1CCc2ccccc2C1. The average Bonchev–Trinajstić information content (AvgIpc) is 2.45. The highest BCUT2D eigenvalue weighted by atomic mass is 32.2. The van der Waals surface area contributed by atoms with Crippen LogP contribution in [0.5, 0.6) is 0 Å². The molecule has 5 nitrogen and oxygen atoms in total. The van der Waals surface area contributed by atoms with Crippen molar-refractivity contribution in [3.05, 3.63) is 35.4 Å². The van der Waals surface area contributed by atoms with Gasteiger partial charge in [-0.05, 0) is 30.9 Å². The lowest BCUT2D eigenvalue weighted by molar-refractivity contribution is 0.0608. The minimum atomic E-state index is -3.55. The highest BCUT2D eigenvalue weighted by Gasteiger charge is 2.28. The number of rotatable bonds is 5. The van der Waals surface area contributed by atoms with Crippen LogP contribution in [0.4, 0.5) is 0 Å². The first-order valence-electron chi connectivity index (χ1n) is 6.88. The van der Waals surface area contributed by atoms with Gasteiger partial charge in [0.2, 0.25) is 0 Å². The molecule has 0 amide bonds. The Labute approximate surface area is 120 Å². The van der Waals surface area contributed by atoms with Crippen LogP contribution in [0.1, 0.15) is 31.4 Å². The second-order valence-corrected chi connectivity index (χ2v) is 7.28. The lowest BCUT2D eigenvalue weighted by atomic mass is 10.0. The molecule has 0 fully saturated rings. The summed E-state index contributed by atoms with van der Waals surface area (Å²) in [6.07, 6.45) is 1.22. The largest absolute Gasteiger partial charge is 0.389 e. The predicted octanol–water partition coefficient (Wildman–Crippen LogP) is 1.04. The smallest absolute Gasteiger partial charge is 0.279 e. The van der Waals surface area contributed by atoms with E-state index in [4.69, 9.17) is 0 Å². The number of nitrogens with zero attached hydrogens (tertiary/aromatic N) is 1. The van der Waals surface area contributed by atoms with Gasteiger partial charge in [0.25, 0.3) is 10.2 Å². The lowest BCUT2D eigenvalue weighted by Crippen LogP contribution is -2.48. The Kier molecular flexibility index (Phi) is 4.49. The Balaban J connectivity index is 2.05. The fourth-order valence-electron chi connectivity index (χ4n) is 2.14. The Hall–Kier alpha value is -0.950. The maximum atomic E-state index is 12.3. The van der Waals surface area contributed by atoms with Crippen LogP contribution in [0, 0.1) is 0 Å². The molecular formula is C14H22N2O3S. The number of benzene rings is 1. The molecule has 1 aliphatic rings. The van der Waals surface area contributed by atoms with Crippen LogP contribution in [-0.2, 0) is 23.2 Å². The zero-order valence-electron chi connectivity index (χ0n) is 12.0. The Morgan fingerprint density at radius 2 is 2.00 bits per heavy atom. The van der Waals surface area contributed by atoms with Crippen molar-refractivity contribution < 1.29 is 13.5 Å². The van der Waals surface area contributed by atoms with Gasteiger partial charge in [-0.15, -0.1) is 0 Å².